The van der Waals surface area contributed by atoms with Crippen LogP contribution in [0.25, 0.3) is 0 Å². The first-order valence-corrected chi connectivity index (χ1v) is 10.4. The maximum Gasteiger partial charge on any atom is 0.251 e. The van der Waals surface area contributed by atoms with Crippen LogP contribution in [0.2, 0.25) is 10.0 Å². The van der Waals surface area contributed by atoms with E-state index in [4.69, 9.17) is 23.2 Å². The van der Waals surface area contributed by atoms with Gasteiger partial charge in [-0.2, -0.15) is 4.31 Å². The summed E-state index contributed by atoms with van der Waals surface area (Å²) in [6.45, 7) is 0.705. The molecule has 0 spiro atoms. The first-order chi connectivity index (χ1) is 12.4. The topological polar surface area (TPSA) is 66.5 Å². The molecule has 138 valence electrons. The van der Waals surface area contributed by atoms with Crippen LogP contribution in [0.15, 0.2) is 53.4 Å². The minimum absolute atomic E-state index is 0.0712. The zero-order valence-electron chi connectivity index (χ0n) is 13.9. The zero-order chi connectivity index (χ0) is 18.7. The molecular weight excluding hydrogens is 395 g/mol. The number of carbonyl (C=O) groups is 1. The average Bonchev–Trinajstić information content (AvgIpc) is 2.62. The molecular formula is C18H18Cl2N2O3S. The number of halogens is 2. The van der Waals surface area contributed by atoms with Crippen LogP contribution in [0.1, 0.15) is 23.2 Å². The van der Waals surface area contributed by atoms with E-state index in [9.17, 15) is 13.2 Å². The van der Waals surface area contributed by atoms with Crippen molar-refractivity contribution in [3.8, 4) is 0 Å². The molecule has 0 saturated carbocycles. The molecule has 1 amide bonds. The van der Waals surface area contributed by atoms with Gasteiger partial charge >= 0.3 is 0 Å². The molecule has 0 bridgehead atoms. The van der Waals surface area contributed by atoms with Gasteiger partial charge in [-0.05, 0) is 55.3 Å². The summed E-state index contributed by atoms with van der Waals surface area (Å²) in [6.07, 6.45) is 1.11. The number of hydrogen-bond donors (Lipinski definition) is 1. The number of benzene rings is 2. The van der Waals surface area contributed by atoms with E-state index in [0.717, 1.165) is 0 Å². The number of amides is 1. The van der Waals surface area contributed by atoms with Crippen molar-refractivity contribution in [1.29, 1.82) is 0 Å². The molecule has 2 aromatic rings. The lowest BCUT2D eigenvalue weighted by molar-refractivity contribution is 0.0924. The molecule has 1 fully saturated rings. The Morgan fingerprint density at radius 2 is 1.65 bits per heavy atom. The van der Waals surface area contributed by atoms with Crippen LogP contribution < -0.4 is 5.32 Å². The van der Waals surface area contributed by atoms with E-state index in [2.05, 4.69) is 5.32 Å². The van der Waals surface area contributed by atoms with E-state index in [1.54, 1.807) is 36.4 Å². The predicted octanol–water partition coefficient (Wildman–Crippen LogP) is 3.58. The molecule has 1 aliphatic heterocycles. The molecule has 1 N–H and O–H groups in total. The molecule has 26 heavy (non-hydrogen) atoms. The summed E-state index contributed by atoms with van der Waals surface area (Å²) >= 11 is 11.7. The highest BCUT2D eigenvalue weighted by Gasteiger charge is 2.30. The second kappa shape index (κ2) is 7.96. The average molecular weight is 413 g/mol. The minimum atomic E-state index is -3.54. The fourth-order valence-electron chi connectivity index (χ4n) is 2.89. The van der Waals surface area contributed by atoms with Crippen molar-refractivity contribution >= 4 is 39.1 Å². The van der Waals surface area contributed by atoms with Crippen molar-refractivity contribution in [3.63, 3.8) is 0 Å². The van der Waals surface area contributed by atoms with E-state index >= 15 is 0 Å². The Kier molecular flexibility index (Phi) is 5.87. The summed E-state index contributed by atoms with van der Waals surface area (Å²) in [5, 5.41) is 3.94. The molecule has 1 aliphatic rings. The van der Waals surface area contributed by atoms with E-state index in [1.165, 1.54) is 16.4 Å². The third-order valence-corrected chi connectivity index (χ3v) is 6.73. The van der Waals surface area contributed by atoms with Crippen molar-refractivity contribution in [2.75, 3.05) is 13.1 Å². The van der Waals surface area contributed by atoms with Crippen LogP contribution in [-0.4, -0.2) is 37.8 Å². The van der Waals surface area contributed by atoms with E-state index in [-0.39, 0.29) is 16.8 Å². The molecule has 8 heteroatoms. The van der Waals surface area contributed by atoms with Gasteiger partial charge in [-0.15, -0.1) is 0 Å². The van der Waals surface area contributed by atoms with Crippen LogP contribution in [0.5, 0.6) is 0 Å². The van der Waals surface area contributed by atoms with Gasteiger partial charge in [-0.25, -0.2) is 8.42 Å². The van der Waals surface area contributed by atoms with Gasteiger partial charge in [0, 0.05) is 34.7 Å². The van der Waals surface area contributed by atoms with Crippen LogP contribution in [0.3, 0.4) is 0 Å². The zero-order valence-corrected chi connectivity index (χ0v) is 16.2. The highest BCUT2D eigenvalue weighted by Crippen LogP contribution is 2.22. The predicted molar refractivity (Wildman–Crippen MR) is 102 cm³/mol. The standard InChI is InChI=1S/C18H18Cl2N2O3S/c19-14-4-6-17(7-5-14)26(24,25)22-10-8-16(9-11-22)21-18(23)13-2-1-3-15(20)12-13/h1-7,12,16H,8-11H2,(H,21,23). The Hall–Kier alpha value is -1.60. The lowest BCUT2D eigenvalue weighted by Gasteiger charge is -2.31. The van der Waals surface area contributed by atoms with Gasteiger partial charge < -0.3 is 5.32 Å². The number of nitrogens with one attached hydrogen (secondary N) is 1. The molecule has 1 heterocycles. The van der Waals surface area contributed by atoms with Gasteiger partial charge in [0.25, 0.3) is 5.91 Å². The number of piperidine rings is 1. The van der Waals surface area contributed by atoms with Crippen molar-refractivity contribution in [3.05, 3.63) is 64.1 Å². The van der Waals surface area contributed by atoms with Crippen molar-refractivity contribution in [2.45, 2.75) is 23.8 Å². The van der Waals surface area contributed by atoms with Gasteiger partial charge in [0.1, 0.15) is 0 Å². The fourth-order valence-corrected chi connectivity index (χ4v) is 4.68. The number of carbonyl (C=O) groups excluding carboxylic acids is 1. The SMILES string of the molecule is O=C(NC1CCN(S(=O)(=O)c2ccc(Cl)cc2)CC1)c1cccc(Cl)c1. The summed E-state index contributed by atoms with van der Waals surface area (Å²) < 4.78 is 26.8. The molecule has 1 saturated heterocycles. The summed E-state index contributed by atoms with van der Waals surface area (Å²) in [5.74, 6) is -0.202. The Morgan fingerprint density at radius 3 is 2.27 bits per heavy atom. The molecule has 0 unspecified atom stereocenters. The lowest BCUT2D eigenvalue weighted by Crippen LogP contribution is -2.46. The number of nitrogens with zero attached hydrogens (tertiary/aromatic N) is 1. The van der Waals surface area contributed by atoms with E-state index < -0.39 is 10.0 Å². The van der Waals surface area contributed by atoms with Crippen molar-refractivity contribution < 1.29 is 13.2 Å². The Morgan fingerprint density at radius 1 is 1.00 bits per heavy atom. The summed E-state index contributed by atoms with van der Waals surface area (Å²) in [7, 11) is -3.54. The minimum Gasteiger partial charge on any atom is -0.349 e. The first-order valence-electron chi connectivity index (χ1n) is 8.18. The fraction of sp³-hybridized carbons (Fsp3) is 0.278. The van der Waals surface area contributed by atoms with E-state index in [0.29, 0.717) is 41.5 Å². The highest BCUT2D eigenvalue weighted by molar-refractivity contribution is 7.89. The monoisotopic (exact) mass is 412 g/mol. The smallest absolute Gasteiger partial charge is 0.251 e. The summed E-state index contributed by atoms with van der Waals surface area (Å²) in [6, 6.07) is 12.8. The summed E-state index contributed by atoms with van der Waals surface area (Å²) in [4.78, 5) is 12.5. The highest BCUT2D eigenvalue weighted by atomic mass is 35.5. The first kappa shape index (κ1) is 19.2. The number of rotatable bonds is 4. The molecule has 0 aliphatic carbocycles. The van der Waals surface area contributed by atoms with Crippen LogP contribution in [0.4, 0.5) is 0 Å². The lowest BCUT2D eigenvalue weighted by atomic mass is 10.1. The van der Waals surface area contributed by atoms with Crippen molar-refractivity contribution in [2.24, 2.45) is 0 Å². The largest absolute Gasteiger partial charge is 0.349 e. The Labute approximate surface area is 163 Å². The third-order valence-electron chi connectivity index (χ3n) is 4.33. The van der Waals surface area contributed by atoms with Gasteiger partial charge in [0.05, 0.1) is 4.90 Å². The van der Waals surface area contributed by atoms with Crippen LogP contribution in [-0.2, 0) is 10.0 Å². The molecule has 0 aromatic heterocycles. The second-order valence-corrected chi connectivity index (χ2v) is 8.93. The van der Waals surface area contributed by atoms with Gasteiger partial charge in [-0.1, -0.05) is 29.3 Å². The van der Waals surface area contributed by atoms with E-state index in [1.807, 2.05) is 0 Å². The van der Waals surface area contributed by atoms with Gasteiger partial charge in [0.2, 0.25) is 10.0 Å². The third kappa shape index (κ3) is 4.38. The van der Waals surface area contributed by atoms with Crippen molar-refractivity contribution in [1.82, 2.24) is 9.62 Å². The Bertz CT molecular complexity index is 893. The normalized spacial score (nSPS) is 16.4. The maximum atomic E-state index is 12.7. The van der Waals surface area contributed by atoms with Crippen LogP contribution >= 0.6 is 23.2 Å². The van der Waals surface area contributed by atoms with Gasteiger partial charge in [-0.3, -0.25) is 4.79 Å². The Balaban J connectivity index is 1.60. The molecule has 0 atom stereocenters. The summed E-state index contributed by atoms with van der Waals surface area (Å²) in [5.41, 5.74) is 0.494. The van der Waals surface area contributed by atoms with Crippen LogP contribution in [0, 0.1) is 0 Å². The van der Waals surface area contributed by atoms with Gasteiger partial charge in [0.15, 0.2) is 0 Å². The quantitative estimate of drug-likeness (QED) is 0.834. The number of sulfonamides is 1. The molecule has 3 rings (SSSR count). The molecule has 0 radical (unpaired) electrons. The molecule has 5 nitrogen and oxygen atoms in total. The number of hydrogen-bond acceptors (Lipinski definition) is 3. The molecule has 2 aromatic carbocycles. The maximum absolute atomic E-state index is 12.7. The second-order valence-electron chi connectivity index (χ2n) is 6.12.